The first kappa shape index (κ1) is 38.5. The summed E-state index contributed by atoms with van der Waals surface area (Å²) in [6.45, 7) is 4.24. The van der Waals surface area contributed by atoms with Crippen molar-refractivity contribution < 1.29 is 56.1 Å². The van der Waals surface area contributed by atoms with E-state index in [1.807, 2.05) is 0 Å². The molecule has 4 rings (SSSR count). The molecule has 0 unspecified atom stereocenters. The zero-order chi connectivity index (χ0) is 36.6. The molecule has 2 heterocycles. The maximum Gasteiger partial charge on any atom is 0.302 e. The summed E-state index contributed by atoms with van der Waals surface area (Å²) in [5, 5.41) is 3.61. The number of ether oxygens (including phenoxy) is 4. The fourth-order valence-electron chi connectivity index (χ4n) is 4.61. The Morgan fingerprint density at radius 2 is 1.08 bits per heavy atom. The third kappa shape index (κ3) is 10.5. The summed E-state index contributed by atoms with van der Waals surface area (Å²) in [7, 11) is -3.42. The Kier molecular flexibility index (Phi) is 12.6. The number of esters is 4. The molecule has 2 aliphatic rings. The van der Waals surface area contributed by atoms with Crippen LogP contribution in [0.25, 0.3) is 0 Å². The van der Waals surface area contributed by atoms with Crippen LogP contribution in [0.5, 0.6) is 0 Å². The fraction of sp³-hybridized carbons (Fsp3) is 0.419. The number of sulfone groups is 1. The van der Waals surface area contributed by atoms with Crippen LogP contribution in [0, 0.1) is 10.8 Å². The van der Waals surface area contributed by atoms with E-state index in [0.29, 0.717) is 10.7 Å². The summed E-state index contributed by atoms with van der Waals surface area (Å²) in [4.78, 5) is 69.5. The van der Waals surface area contributed by atoms with Crippen molar-refractivity contribution in [1.82, 2.24) is 10.9 Å². The van der Waals surface area contributed by atoms with Gasteiger partial charge in [-0.15, -0.1) is 0 Å². The number of anilines is 2. The van der Waals surface area contributed by atoms with Crippen LogP contribution < -0.4 is 20.9 Å². The molecule has 18 heteroatoms. The van der Waals surface area contributed by atoms with Crippen LogP contribution in [0.15, 0.2) is 53.4 Å². The van der Waals surface area contributed by atoms with E-state index in [-0.39, 0.29) is 50.3 Å². The van der Waals surface area contributed by atoms with Crippen LogP contribution >= 0.6 is 11.6 Å². The van der Waals surface area contributed by atoms with E-state index in [1.165, 1.54) is 44.8 Å². The standard InChI is InChI=1S/C16H20N2O7S.C15H17ClN2O5/c1-11(19)24-9-16(10-25-12(2)20)8-18(17-15(16)21)13-5-4-6-14(7-13)26(3,22)23;1-10(19)22-8-15(9-23-11(2)20)7-18(17-14(15)21)13-5-3-12(16)4-6-13/h4-7H,8-10H2,1-3H3,(H,17,21);3-6H,7-9H2,1-2H3,(H,17,21). The lowest BCUT2D eigenvalue weighted by molar-refractivity contribution is -0.156. The molecule has 0 bridgehead atoms. The summed E-state index contributed by atoms with van der Waals surface area (Å²) >= 11 is 5.85. The van der Waals surface area contributed by atoms with Gasteiger partial charge in [0, 0.05) is 39.0 Å². The van der Waals surface area contributed by atoms with Gasteiger partial charge >= 0.3 is 23.9 Å². The lowest BCUT2D eigenvalue weighted by Crippen LogP contribution is -2.42. The van der Waals surface area contributed by atoms with Crippen LogP contribution in [-0.2, 0) is 57.6 Å². The van der Waals surface area contributed by atoms with Crippen molar-refractivity contribution in [2.75, 3.05) is 55.8 Å². The van der Waals surface area contributed by atoms with Gasteiger partial charge in [0.25, 0.3) is 11.8 Å². The van der Waals surface area contributed by atoms with E-state index < -0.39 is 50.5 Å². The van der Waals surface area contributed by atoms with Gasteiger partial charge in [-0.1, -0.05) is 17.7 Å². The van der Waals surface area contributed by atoms with Gasteiger partial charge in [-0.25, -0.2) is 8.42 Å². The number of hydrogen-bond donors (Lipinski definition) is 2. The van der Waals surface area contributed by atoms with E-state index in [2.05, 4.69) is 10.9 Å². The maximum absolute atomic E-state index is 12.5. The fourth-order valence-corrected chi connectivity index (χ4v) is 5.40. The first-order valence-electron chi connectivity index (χ1n) is 14.6. The highest BCUT2D eigenvalue weighted by atomic mass is 35.5. The number of carbonyl (C=O) groups excluding carboxylic acids is 6. The van der Waals surface area contributed by atoms with Gasteiger partial charge in [0.15, 0.2) is 9.84 Å². The highest BCUT2D eigenvalue weighted by molar-refractivity contribution is 7.90. The number of benzene rings is 2. The van der Waals surface area contributed by atoms with E-state index in [4.69, 9.17) is 30.5 Å². The van der Waals surface area contributed by atoms with Gasteiger partial charge in [-0.2, -0.15) is 0 Å². The predicted molar refractivity (Wildman–Crippen MR) is 173 cm³/mol. The molecule has 0 aromatic heterocycles. The van der Waals surface area contributed by atoms with Gasteiger partial charge in [-0.05, 0) is 42.5 Å². The Labute approximate surface area is 287 Å². The molecule has 49 heavy (non-hydrogen) atoms. The summed E-state index contributed by atoms with van der Waals surface area (Å²) in [5.41, 5.74) is 4.01. The number of hydrogen-bond acceptors (Lipinski definition) is 14. The predicted octanol–water partition coefficient (Wildman–Crippen LogP) is 1.36. The number of carbonyl (C=O) groups is 6. The van der Waals surface area contributed by atoms with Gasteiger partial charge in [0.05, 0.1) is 29.4 Å². The molecule has 0 spiro atoms. The van der Waals surface area contributed by atoms with Crippen molar-refractivity contribution in [2.24, 2.45) is 10.8 Å². The van der Waals surface area contributed by atoms with E-state index >= 15 is 0 Å². The van der Waals surface area contributed by atoms with Crippen LogP contribution in [0.1, 0.15) is 27.7 Å². The zero-order valence-electron chi connectivity index (χ0n) is 27.4. The van der Waals surface area contributed by atoms with Crippen LogP contribution in [0.2, 0.25) is 5.02 Å². The highest BCUT2D eigenvalue weighted by Crippen LogP contribution is 2.31. The molecule has 2 saturated heterocycles. The Balaban J connectivity index is 0.000000267. The van der Waals surface area contributed by atoms with Gasteiger partial charge < -0.3 is 18.9 Å². The average molecular weight is 725 g/mol. The number of halogens is 1. The molecule has 2 N–H and O–H groups in total. The summed E-state index contributed by atoms with van der Waals surface area (Å²) in [5.74, 6) is -3.04. The topological polar surface area (TPSA) is 204 Å². The van der Waals surface area contributed by atoms with Crippen molar-refractivity contribution in [3.63, 3.8) is 0 Å². The number of nitrogens with zero attached hydrogens (tertiary/aromatic N) is 2. The molecule has 16 nitrogen and oxygen atoms in total. The number of rotatable bonds is 11. The molecule has 2 aromatic carbocycles. The van der Waals surface area contributed by atoms with E-state index in [0.717, 1.165) is 11.9 Å². The molecule has 2 amide bonds. The number of amides is 2. The Bertz CT molecular complexity index is 1660. The van der Waals surface area contributed by atoms with Crippen molar-refractivity contribution in [3.8, 4) is 0 Å². The molecule has 266 valence electrons. The molecule has 0 radical (unpaired) electrons. The Hall–Kier alpha value is -4.90. The minimum absolute atomic E-state index is 0.0274. The number of nitrogens with one attached hydrogen (secondary N) is 2. The van der Waals surface area contributed by atoms with Crippen LogP contribution in [0.3, 0.4) is 0 Å². The van der Waals surface area contributed by atoms with Gasteiger partial charge in [0.2, 0.25) is 0 Å². The lowest BCUT2D eigenvalue weighted by Gasteiger charge is -2.25. The van der Waals surface area contributed by atoms with Crippen molar-refractivity contribution >= 4 is 68.5 Å². The second kappa shape index (κ2) is 16.0. The first-order valence-corrected chi connectivity index (χ1v) is 16.9. The first-order chi connectivity index (χ1) is 22.9. The van der Waals surface area contributed by atoms with E-state index in [1.54, 1.807) is 41.4 Å². The minimum atomic E-state index is -3.42. The molecular weight excluding hydrogens is 688 g/mol. The second-order valence-electron chi connectivity index (χ2n) is 11.5. The molecule has 2 aromatic rings. The maximum atomic E-state index is 12.5. The van der Waals surface area contributed by atoms with Crippen LogP contribution in [0.4, 0.5) is 11.4 Å². The monoisotopic (exact) mass is 724 g/mol. The summed E-state index contributed by atoms with van der Waals surface area (Å²) in [6.07, 6.45) is 1.08. The molecule has 2 fully saturated rings. The lowest BCUT2D eigenvalue weighted by atomic mass is 9.90. The largest absolute Gasteiger partial charge is 0.465 e. The third-order valence-electron chi connectivity index (χ3n) is 7.26. The van der Waals surface area contributed by atoms with Gasteiger partial charge in [0.1, 0.15) is 37.3 Å². The van der Waals surface area contributed by atoms with E-state index in [9.17, 15) is 37.2 Å². The summed E-state index contributed by atoms with van der Waals surface area (Å²) in [6, 6.07) is 12.9. The minimum Gasteiger partial charge on any atom is -0.465 e. The molecule has 0 saturated carbocycles. The Morgan fingerprint density at radius 1 is 0.694 bits per heavy atom. The quantitative estimate of drug-likeness (QED) is 0.248. The summed E-state index contributed by atoms with van der Waals surface area (Å²) < 4.78 is 43.4. The third-order valence-corrected chi connectivity index (χ3v) is 8.62. The molecule has 2 aliphatic heterocycles. The SMILES string of the molecule is CC(=O)OCC1(COC(C)=O)CN(c2ccc(Cl)cc2)NC1=O.CC(=O)OCC1(COC(C)=O)CN(c2cccc(S(C)(=O)=O)c2)NC1=O. The number of hydrazine groups is 2. The zero-order valence-corrected chi connectivity index (χ0v) is 29.0. The van der Waals surface area contributed by atoms with Crippen molar-refractivity contribution in [1.29, 1.82) is 0 Å². The molecular formula is C31H37ClN4O12S. The average Bonchev–Trinajstić information content (AvgIpc) is 3.54. The molecule has 0 aliphatic carbocycles. The van der Waals surface area contributed by atoms with Crippen molar-refractivity contribution in [2.45, 2.75) is 32.6 Å². The molecule has 0 atom stereocenters. The highest BCUT2D eigenvalue weighted by Gasteiger charge is 2.50. The van der Waals surface area contributed by atoms with Gasteiger partial charge in [-0.3, -0.25) is 49.6 Å². The smallest absolute Gasteiger partial charge is 0.302 e. The van der Waals surface area contributed by atoms with Crippen molar-refractivity contribution in [3.05, 3.63) is 53.6 Å². The second-order valence-corrected chi connectivity index (χ2v) is 13.9. The Morgan fingerprint density at radius 3 is 1.45 bits per heavy atom. The van der Waals surface area contributed by atoms with Crippen LogP contribution in [-0.4, -0.2) is 89.9 Å². The normalized spacial score (nSPS) is 16.0.